The molecule has 0 fully saturated rings. The fraction of sp³-hybridized carbons (Fsp3) is 0.182. The Hall–Kier alpha value is -1.59. The van der Waals surface area contributed by atoms with Crippen LogP contribution in [0, 0.1) is 0 Å². The van der Waals surface area contributed by atoms with E-state index < -0.39 is 7.12 Å². The standard InChI is InChI=1S/C9H9BN2O2.C2H6/c11-8-5-4-6-2-1-3-7(10(13)14)9(6)12-8;1-2/h1-5,13-14H,(H2,11,12);1-2H3. The molecular weight excluding hydrogens is 203 g/mol. The van der Waals surface area contributed by atoms with Crippen LogP contribution in [0.25, 0.3) is 10.9 Å². The number of fused-ring (bicyclic) bond motifs is 1. The molecule has 0 bridgehead atoms. The van der Waals surface area contributed by atoms with Gasteiger partial charge in [0.05, 0.1) is 5.52 Å². The van der Waals surface area contributed by atoms with Crippen LogP contribution < -0.4 is 11.2 Å². The van der Waals surface area contributed by atoms with Crippen molar-refractivity contribution in [3.05, 3.63) is 30.3 Å². The number of rotatable bonds is 1. The molecule has 16 heavy (non-hydrogen) atoms. The van der Waals surface area contributed by atoms with Crippen molar-refractivity contribution in [2.24, 2.45) is 0 Å². The summed E-state index contributed by atoms with van der Waals surface area (Å²) in [6.07, 6.45) is 0. The molecule has 4 nitrogen and oxygen atoms in total. The van der Waals surface area contributed by atoms with E-state index >= 15 is 0 Å². The van der Waals surface area contributed by atoms with Gasteiger partial charge in [-0.3, -0.25) is 0 Å². The highest BCUT2D eigenvalue weighted by molar-refractivity contribution is 6.61. The number of hydrogen-bond acceptors (Lipinski definition) is 4. The molecule has 0 unspecified atom stereocenters. The van der Waals surface area contributed by atoms with Gasteiger partial charge in [0.1, 0.15) is 5.82 Å². The molecule has 0 spiro atoms. The lowest BCUT2D eigenvalue weighted by molar-refractivity contribution is 0.426. The second kappa shape index (κ2) is 5.49. The van der Waals surface area contributed by atoms with Crippen LogP contribution in [-0.2, 0) is 0 Å². The predicted molar refractivity (Wildman–Crippen MR) is 67.3 cm³/mol. The Morgan fingerprint density at radius 3 is 2.44 bits per heavy atom. The van der Waals surface area contributed by atoms with Crippen LogP contribution in [-0.4, -0.2) is 22.2 Å². The zero-order valence-corrected chi connectivity index (χ0v) is 9.38. The highest BCUT2D eigenvalue weighted by Gasteiger charge is 2.15. The molecule has 1 aromatic carbocycles. The van der Waals surface area contributed by atoms with Crippen LogP contribution in [0.2, 0.25) is 0 Å². The smallest absolute Gasteiger partial charge is 0.423 e. The number of pyridine rings is 1. The van der Waals surface area contributed by atoms with E-state index in [4.69, 9.17) is 15.8 Å². The summed E-state index contributed by atoms with van der Waals surface area (Å²) in [5.74, 6) is 0.366. The van der Waals surface area contributed by atoms with Gasteiger partial charge >= 0.3 is 7.12 Å². The summed E-state index contributed by atoms with van der Waals surface area (Å²) in [7, 11) is -1.52. The van der Waals surface area contributed by atoms with E-state index in [-0.39, 0.29) is 0 Å². The van der Waals surface area contributed by atoms with Crippen molar-refractivity contribution in [3.8, 4) is 0 Å². The van der Waals surface area contributed by atoms with E-state index in [2.05, 4.69) is 4.98 Å². The van der Waals surface area contributed by atoms with Gasteiger partial charge in [-0.15, -0.1) is 0 Å². The lowest BCUT2D eigenvalue weighted by Crippen LogP contribution is -2.30. The van der Waals surface area contributed by atoms with Gasteiger partial charge in [0.25, 0.3) is 0 Å². The van der Waals surface area contributed by atoms with Gasteiger partial charge in [-0.25, -0.2) is 4.98 Å². The first kappa shape index (κ1) is 12.5. The first-order chi connectivity index (χ1) is 7.68. The molecule has 0 saturated carbocycles. The molecular formula is C11H15BN2O2. The molecule has 0 saturated heterocycles. The normalized spacial score (nSPS) is 9.50. The largest absolute Gasteiger partial charge is 0.490 e. The van der Waals surface area contributed by atoms with Crippen molar-refractivity contribution in [2.75, 3.05) is 5.73 Å². The minimum atomic E-state index is -1.52. The number of nitrogen functional groups attached to an aromatic ring is 1. The number of hydrogen-bond donors (Lipinski definition) is 3. The average molecular weight is 218 g/mol. The monoisotopic (exact) mass is 218 g/mol. The fourth-order valence-corrected chi connectivity index (χ4v) is 1.39. The summed E-state index contributed by atoms with van der Waals surface area (Å²) in [6, 6.07) is 8.67. The summed E-state index contributed by atoms with van der Waals surface area (Å²) in [5, 5.41) is 19.0. The Labute approximate surface area is 94.9 Å². The number of benzene rings is 1. The fourth-order valence-electron chi connectivity index (χ4n) is 1.39. The second-order valence-corrected chi connectivity index (χ2v) is 3.03. The molecule has 5 heteroatoms. The molecule has 0 aliphatic carbocycles. The molecule has 4 N–H and O–H groups in total. The van der Waals surface area contributed by atoms with Gasteiger partial charge in [-0.2, -0.15) is 0 Å². The van der Waals surface area contributed by atoms with E-state index in [1.165, 1.54) is 0 Å². The van der Waals surface area contributed by atoms with Crippen molar-refractivity contribution in [1.29, 1.82) is 0 Å². The van der Waals surface area contributed by atoms with Crippen molar-refractivity contribution in [3.63, 3.8) is 0 Å². The highest BCUT2D eigenvalue weighted by atomic mass is 16.4. The Morgan fingerprint density at radius 1 is 1.12 bits per heavy atom. The Morgan fingerprint density at radius 2 is 1.81 bits per heavy atom. The van der Waals surface area contributed by atoms with Gasteiger partial charge in [0.15, 0.2) is 0 Å². The minimum Gasteiger partial charge on any atom is -0.423 e. The Balaban J connectivity index is 0.000000606. The molecule has 1 aromatic heterocycles. The van der Waals surface area contributed by atoms with E-state index in [9.17, 15) is 0 Å². The van der Waals surface area contributed by atoms with Crippen LogP contribution in [0.1, 0.15) is 13.8 Å². The molecule has 0 atom stereocenters. The van der Waals surface area contributed by atoms with Crippen molar-refractivity contribution >= 4 is 29.3 Å². The maximum Gasteiger partial charge on any atom is 0.490 e. The first-order valence-corrected chi connectivity index (χ1v) is 5.20. The molecule has 2 rings (SSSR count). The minimum absolute atomic E-state index is 0.366. The molecule has 0 radical (unpaired) electrons. The van der Waals surface area contributed by atoms with Crippen LogP contribution in [0.15, 0.2) is 30.3 Å². The average Bonchev–Trinajstić information content (AvgIpc) is 2.30. The van der Waals surface area contributed by atoms with Crippen molar-refractivity contribution in [1.82, 2.24) is 4.98 Å². The molecule has 0 aliphatic rings. The topological polar surface area (TPSA) is 79.4 Å². The number of anilines is 1. The summed E-state index contributed by atoms with van der Waals surface area (Å²) in [6.45, 7) is 4.00. The van der Waals surface area contributed by atoms with Gasteiger partial charge in [0, 0.05) is 5.46 Å². The zero-order valence-electron chi connectivity index (χ0n) is 9.38. The number of nitrogens with two attached hydrogens (primary N) is 1. The predicted octanol–water partition coefficient (Wildman–Crippen LogP) is 0.523. The third-order valence-electron chi connectivity index (χ3n) is 2.05. The van der Waals surface area contributed by atoms with Gasteiger partial charge < -0.3 is 15.8 Å². The summed E-state index contributed by atoms with van der Waals surface area (Å²) in [5.41, 5.74) is 6.42. The van der Waals surface area contributed by atoms with Gasteiger partial charge in [-0.05, 0) is 17.5 Å². The van der Waals surface area contributed by atoms with Crippen molar-refractivity contribution < 1.29 is 10.0 Å². The lowest BCUT2D eigenvalue weighted by atomic mass is 9.79. The SMILES string of the molecule is CC.Nc1ccc2cccc(B(O)O)c2n1. The van der Waals surface area contributed by atoms with Crippen LogP contribution >= 0.6 is 0 Å². The quantitative estimate of drug-likeness (QED) is 0.609. The van der Waals surface area contributed by atoms with Gasteiger partial charge in [-0.1, -0.05) is 32.0 Å². The van der Waals surface area contributed by atoms with Crippen LogP contribution in [0.3, 0.4) is 0 Å². The lowest BCUT2D eigenvalue weighted by Gasteiger charge is -2.04. The Kier molecular flexibility index (Phi) is 4.28. The first-order valence-electron chi connectivity index (χ1n) is 5.20. The summed E-state index contributed by atoms with van der Waals surface area (Å²) < 4.78 is 0. The number of aromatic nitrogens is 1. The van der Waals surface area contributed by atoms with Crippen LogP contribution in [0.4, 0.5) is 5.82 Å². The number of para-hydroxylation sites is 1. The molecule has 1 heterocycles. The number of nitrogens with zero attached hydrogens (tertiary/aromatic N) is 1. The van der Waals surface area contributed by atoms with Crippen molar-refractivity contribution in [2.45, 2.75) is 13.8 Å². The molecule has 0 aliphatic heterocycles. The Bertz CT molecular complexity index is 474. The highest BCUT2D eigenvalue weighted by Crippen LogP contribution is 2.11. The second-order valence-electron chi connectivity index (χ2n) is 3.03. The maximum absolute atomic E-state index is 9.09. The maximum atomic E-state index is 9.09. The third kappa shape index (κ3) is 2.50. The zero-order chi connectivity index (χ0) is 12.1. The van der Waals surface area contributed by atoms with Gasteiger partial charge in [0.2, 0.25) is 0 Å². The molecule has 2 aromatic rings. The summed E-state index contributed by atoms with van der Waals surface area (Å²) in [4.78, 5) is 4.05. The molecule has 84 valence electrons. The molecule has 0 amide bonds. The van der Waals surface area contributed by atoms with Crippen LogP contribution in [0.5, 0.6) is 0 Å². The third-order valence-corrected chi connectivity index (χ3v) is 2.05. The van der Waals surface area contributed by atoms with E-state index in [1.54, 1.807) is 24.3 Å². The summed E-state index contributed by atoms with van der Waals surface area (Å²) >= 11 is 0. The van der Waals surface area contributed by atoms with E-state index in [1.807, 2.05) is 19.9 Å². The van der Waals surface area contributed by atoms with E-state index in [0.29, 0.717) is 16.8 Å². The van der Waals surface area contributed by atoms with E-state index in [0.717, 1.165) is 5.39 Å².